The average molecular weight is 342 g/mol. The van der Waals surface area contributed by atoms with E-state index >= 15 is 0 Å². The van der Waals surface area contributed by atoms with Crippen molar-refractivity contribution in [2.75, 3.05) is 5.32 Å². The van der Waals surface area contributed by atoms with Crippen molar-refractivity contribution in [1.82, 2.24) is 0 Å². The van der Waals surface area contributed by atoms with Crippen LogP contribution < -0.4 is 5.32 Å². The van der Waals surface area contributed by atoms with Gasteiger partial charge in [0.2, 0.25) is 0 Å². The number of benzene rings is 1. The smallest absolute Gasteiger partial charge is 0.412 e. The van der Waals surface area contributed by atoms with Crippen LogP contribution in [0.1, 0.15) is 39.2 Å². The highest BCUT2D eigenvalue weighted by atomic mass is 35.5. The molecule has 1 aromatic carbocycles. The maximum atomic E-state index is 11.7. The van der Waals surface area contributed by atoms with Crippen molar-refractivity contribution in [3.05, 3.63) is 28.8 Å². The van der Waals surface area contributed by atoms with Crippen molar-refractivity contribution in [1.29, 1.82) is 0 Å². The fraction of sp³-hybridized carbons (Fsp3) is 0.500. The Morgan fingerprint density at radius 3 is 2.39 bits per heavy atom. The molecule has 7 heteroatoms. The van der Waals surface area contributed by atoms with E-state index < -0.39 is 29.2 Å². The quantitative estimate of drug-likeness (QED) is 0.784. The van der Waals surface area contributed by atoms with Crippen LogP contribution in [0, 0.1) is 0 Å². The van der Waals surface area contributed by atoms with Crippen LogP contribution in [0.3, 0.4) is 0 Å². The summed E-state index contributed by atoms with van der Waals surface area (Å²) in [5.74, 6) is -1.02. The molecule has 0 bridgehead atoms. The highest BCUT2D eigenvalue weighted by molar-refractivity contribution is 6.32. The lowest BCUT2D eigenvalue weighted by molar-refractivity contribution is -0.152. The summed E-state index contributed by atoms with van der Waals surface area (Å²) < 4.78 is 5.14. The number of nitrogens with one attached hydrogen (secondary N) is 1. The molecule has 2 rings (SSSR count). The fourth-order valence-corrected chi connectivity index (χ4v) is 3.02. The van der Waals surface area contributed by atoms with Gasteiger partial charge in [-0.2, -0.15) is 0 Å². The minimum atomic E-state index is -1.17. The van der Waals surface area contributed by atoms with Crippen LogP contribution in [0.2, 0.25) is 5.02 Å². The summed E-state index contributed by atoms with van der Waals surface area (Å²) in [4.78, 5) is 23.3. The second-order valence-electron chi connectivity index (χ2n) is 6.77. The van der Waals surface area contributed by atoms with Crippen molar-refractivity contribution in [3.8, 4) is 0 Å². The molecule has 0 saturated heterocycles. The van der Waals surface area contributed by atoms with E-state index in [2.05, 4.69) is 5.32 Å². The Hall–Kier alpha value is -1.79. The number of carboxylic acids is 1. The van der Waals surface area contributed by atoms with E-state index in [9.17, 15) is 19.8 Å². The molecule has 0 aromatic heterocycles. The standard InChI is InChI=1S/C16H20ClNO5/c1-15(2,3)23-14(22)18-9-4-5-11(12(17)6-9)16(13(20)21)7-10(19)8-16/h4-6,10,19H,7-8H2,1-3H3,(H,18,22)(H,20,21). The lowest BCUT2D eigenvalue weighted by Crippen LogP contribution is -2.50. The second-order valence-corrected chi connectivity index (χ2v) is 7.18. The minimum absolute atomic E-state index is 0.126. The van der Waals surface area contributed by atoms with Gasteiger partial charge >= 0.3 is 12.1 Å². The molecular formula is C16H20ClNO5. The predicted molar refractivity (Wildman–Crippen MR) is 85.9 cm³/mol. The number of aliphatic hydroxyl groups excluding tert-OH is 1. The molecule has 6 nitrogen and oxygen atoms in total. The number of anilines is 1. The molecule has 1 saturated carbocycles. The lowest BCUT2D eigenvalue weighted by atomic mass is 9.62. The van der Waals surface area contributed by atoms with Crippen LogP contribution in [0.15, 0.2) is 18.2 Å². The number of amides is 1. The van der Waals surface area contributed by atoms with Gasteiger partial charge in [-0.1, -0.05) is 17.7 Å². The number of carbonyl (C=O) groups is 2. The SMILES string of the molecule is CC(C)(C)OC(=O)Nc1ccc(C2(C(=O)O)CC(O)C2)c(Cl)c1. The van der Waals surface area contributed by atoms with E-state index in [0.29, 0.717) is 11.3 Å². The van der Waals surface area contributed by atoms with Crippen LogP contribution in [-0.2, 0) is 14.9 Å². The van der Waals surface area contributed by atoms with Gasteiger partial charge in [-0.05, 0) is 51.3 Å². The highest BCUT2D eigenvalue weighted by Crippen LogP contribution is 2.47. The summed E-state index contributed by atoms with van der Waals surface area (Å²) in [6, 6.07) is 4.62. The molecule has 1 aliphatic rings. The molecule has 1 aromatic rings. The lowest BCUT2D eigenvalue weighted by Gasteiger charge is -2.42. The molecule has 0 radical (unpaired) electrons. The summed E-state index contributed by atoms with van der Waals surface area (Å²) >= 11 is 6.20. The van der Waals surface area contributed by atoms with Crippen LogP contribution in [0.4, 0.5) is 10.5 Å². The summed E-state index contributed by atoms with van der Waals surface area (Å²) in [5.41, 5.74) is -0.940. The van der Waals surface area contributed by atoms with Crippen LogP contribution in [-0.4, -0.2) is 34.0 Å². The zero-order valence-electron chi connectivity index (χ0n) is 13.2. The van der Waals surface area contributed by atoms with Gasteiger partial charge in [-0.25, -0.2) is 4.79 Å². The van der Waals surface area contributed by atoms with Crippen LogP contribution in [0.25, 0.3) is 0 Å². The summed E-state index contributed by atoms with van der Waals surface area (Å²) in [7, 11) is 0. The van der Waals surface area contributed by atoms with Crippen molar-refractivity contribution >= 4 is 29.4 Å². The molecule has 3 N–H and O–H groups in total. The first-order valence-corrected chi connectivity index (χ1v) is 7.63. The molecular weight excluding hydrogens is 322 g/mol. The van der Waals surface area contributed by atoms with E-state index in [1.807, 2.05) is 0 Å². The summed E-state index contributed by atoms with van der Waals surface area (Å²) in [5, 5.41) is 21.7. The fourth-order valence-electron chi connectivity index (χ4n) is 2.66. The summed E-state index contributed by atoms with van der Waals surface area (Å²) in [6.45, 7) is 5.25. The normalized spacial score (nSPS) is 23.8. The van der Waals surface area contributed by atoms with E-state index in [4.69, 9.17) is 16.3 Å². The number of hydrogen-bond donors (Lipinski definition) is 3. The van der Waals surface area contributed by atoms with Crippen molar-refractivity contribution in [3.63, 3.8) is 0 Å². The van der Waals surface area contributed by atoms with Gasteiger partial charge in [0, 0.05) is 10.7 Å². The molecule has 0 spiro atoms. The van der Waals surface area contributed by atoms with E-state index in [1.54, 1.807) is 32.9 Å². The predicted octanol–water partition coefficient (Wildman–Crippen LogP) is 3.16. The Bertz CT molecular complexity index is 632. The van der Waals surface area contributed by atoms with E-state index in [1.165, 1.54) is 6.07 Å². The molecule has 0 unspecified atom stereocenters. The number of aliphatic hydroxyl groups is 1. The Morgan fingerprint density at radius 2 is 1.96 bits per heavy atom. The monoisotopic (exact) mass is 341 g/mol. The first-order valence-electron chi connectivity index (χ1n) is 7.25. The molecule has 0 atom stereocenters. The number of halogens is 1. The van der Waals surface area contributed by atoms with E-state index in [-0.39, 0.29) is 17.9 Å². The van der Waals surface area contributed by atoms with Gasteiger partial charge in [0.25, 0.3) is 0 Å². The van der Waals surface area contributed by atoms with Crippen molar-refractivity contribution in [2.24, 2.45) is 0 Å². The van der Waals surface area contributed by atoms with Gasteiger partial charge < -0.3 is 14.9 Å². The number of hydrogen-bond acceptors (Lipinski definition) is 4. The zero-order chi connectivity index (χ0) is 17.4. The van der Waals surface area contributed by atoms with Gasteiger partial charge in [-0.15, -0.1) is 0 Å². The number of carbonyl (C=O) groups excluding carboxylic acids is 1. The molecule has 0 heterocycles. The third kappa shape index (κ3) is 3.76. The average Bonchev–Trinajstić information content (AvgIpc) is 2.32. The second kappa shape index (κ2) is 6.02. The van der Waals surface area contributed by atoms with Crippen LogP contribution in [0.5, 0.6) is 0 Å². The third-order valence-corrected chi connectivity index (χ3v) is 4.02. The number of rotatable bonds is 3. The summed E-state index contributed by atoms with van der Waals surface area (Å²) in [6.07, 6.45) is -1.00. The molecule has 0 aliphatic heterocycles. The molecule has 126 valence electrons. The van der Waals surface area contributed by atoms with E-state index in [0.717, 1.165) is 0 Å². The first kappa shape index (κ1) is 17.6. The number of aliphatic carboxylic acids is 1. The Morgan fingerprint density at radius 1 is 1.35 bits per heavy atom. The van der Waals surface area contributed by atoms with Gasteiger partial charge in [0.15, 0.2) is 0 Å². The molecule has 23 heavy (non-hydrogen) atoms. The maximum absolute atomic E-state index is 11.7. The first-order chi connectivity index (χ1) is 10.5. The minimum Gasteiger partial charge on any atom is -0.481 e. The van der Waals surface area contributed by atoms with Crippen LogP contribution >= 0.6 is 11.6 Å². The third-order valence-electron chi connectivity index (χ3n) is 3.71. The number of carboxylic acid groups (broad SMARTS) is 1. The highest BCUT2D eigenvalue weighted by Gasteiger charge is 2.52. The molecule has 1 amide bonds. The Balaban J connectivity index is 2.18. The topological polar surface area (TPSA) is 95.9 Å². The van der Waals surface area contributed by atoms with Crippen molar-refractivity contribution in [2.45, 2.75) is 50.7 Å². The number of ether oxygens (including phenoxy) is 1. The van der Waals surface area contributed by atoms with Gasteiger partial charge in [0.1, 0.15) is 5.60 Å². The zero-order valence-corrected chi connectivity index (χ0v) is 14.0. The Labute approximate surface area is 139 Å². The van der Waals surface area contributed by atoms with Gasteiger partial charge in [-0.3, -0.25) is 10.1 Å². The molecule has 1 aliphatic carbocycles. The largest absolute Gasteiger partial charge is 0.481 e. The maximum Gasteiger partial charge on any atom is 0.412 e. The molecule has 1 fully saturated rings. The Kier molecular flexibility index (Phi) is 4.59. The van der Waals surface area contributed by atoms with Gasteiger partial charge in [0.05, 0.1) is 11.5 Å². The van der Waals surface area contributed by atoms with Crippen molar-refractivity contribution < 1.29 is 24.5 Å².